The number of nitrogens with two attached hydrogens (primary N) is 1. The van der Waals surface area contributed by atoms with Crippen LogP contribution >= 0.6 is 11.6 Å². The molecule has 4 rings (SSSR count). The number of carbonyl (C=O) groups is 1. The Bertz CT molecular complexity index is 700. The number of nitrogens with one attached hydrogen (secondary N) is 1. The number of quaternary nitrogens is 1. The number of carbonyl (C=O) groups excluding carboxylic acids is 1. The van der Waals surface area contributed by atoms with Gasteiger partial charge in [-0.3, -0.25) is 4.79 Å². The number of piperidine rings is 1. The summed E-state index contributed by atoms with van der Waals surface area (Å²) in [4.78, 5) is 16.3. The van der Waals surface area contributed by atoms with Gasteiger partial charge >= 0.3 is 0 Å². The molecule has 1 aromatic heterocycles. The Morgan fingerprint density at radius 2 is 1.76 bits per heavy atom. The first-order valence-corrected chi connectivity index (χ1v) is 13.0. The molecule has 182 valence electrons. The summed E-state index contributed by atoms with van der Waals surface area (Å²) in [5, 5.41) is 3.15. The maximum absolute atomic E-state index is 10.9. The van der Waals surface area contributed by atoms with Crippen LogP contribution in [0.1, 0.15) is 88.3 Å². The van der Waals surface area contributed by atoms with Gasteiger partial charge in [0.05, 0.1) is 13.1 Å². The van der Waals surface area contributed by atoms with Gasteiger partial charge in [-0.25, -0.2) is 0 Å². The van der Waals surface area contributed by atoms with Crippen molar-refractivity contribution in [2.75, 3.05) is 19.6 Å². The largest absolute Gasteiger partial charge is 0.346 e. The maximum atomic E-state index is 10.9. The zero-order valence-corrected chi connectivity index (χ0v) is 21.2. The smallest absolute Gasteiger partial charge is 0.273 e. The van der Waals surface area contributed by atoms with E-state index in [9.17, 15) is 4.79 Å². The highest BCUT2D eigenvalue weighted by Crippen LogP contribution is 2.32. The van der Waals surface area contributed by atoms with Crippen LogP contribution in [-0.2, 0) is 11.2 Å². The molecule has 3 heterocycles. The molecule has 3 N–H and O–H groups in total. The van der Waals surface area contributed by atoms with Gasteiger partial charge in [-0.1, -0.05) is 26.2 Å². The predicted octanol–water partition coefficient (Wildman–Crippen LogP) is 4.23. The topological polar surface area (TPSA) is 51.1 Å². The number of terminal acetylenes is 2. The molecule has 2 aliphatic heterocycles. The summed E-state index contributed by atoms with van der Waals surface area (Å²) in [5.41, 5.74) is 2.82. The summed E-state index contributed by atoms with van der Waals surface area (Å²) in [7, 11) is 0. The fourth-order valence-corrected chi connectivity index (χ4v) is 5.71. The van der Waals surface area contributed by atoms with Crippen molar-refractivity contribution in [1.82, 2.24) is 4.90 Å². The van der Waals surface area contributed by atoms with E-state index in [2.05, 4.69) is 53.9 Å². The molecule has 2 atom stereocenters. The van der Waals surface area contributed by atoms with Crippen LogP contribution in [0.25, 0.3) is 0 Å². The van der Waals surface area contributed by atoms with Crippen LogP contribution in [0.4, 0.5) is 0 Å². The van der Waals surface area contributed by atoms with E-state index >= 15 is 0 Å². The van der Waals surface area contributed by atoms with Gasteiger partial charge in [-0.2, -0.15) is 4.98 Å². The summed E-state index contributed by atoms with van der Waals surface area (Å²) in [6.07, 6.45) is 31.3. The van der Waals surface area contributed by atoms with Crippen molar-refractivity contribution in [1.29, 1.82) is 0 Å². The molecular formula is C28H44ClN3O+2. The average molecular weight is 474 g/mol. The van der Waals surface area contributed by atoms with Crippen LogP contribution in [0.2, 0.25) is 5.15 Å². The van der Waals surface area contributed by atoms with E-state index in [0.717, 1.165) is 36.4 Å². The first-order chi connectivity index (χ1) is 16.2. The van der Waals surface area contributed by atoms with Gasteiger partial charge in [-0.15, -0.1) is 25.7 Å². The van der Waals surface area contributed by atoms with Crippen LogP contribution in [0.3, 0.4) is 0 Å². The summed E-state index contributed by atoms with van der Waals surface area (Å²) in [6, 6.07) is 4.77. The molecule has 5 heteroatoms. The summed E-state index contributed by atoms with van der Waals surface area (Å²) in [5.74, 6) is 1.54. The first-order valence-electron chi connectivity index (χ1n) is 12.6. The Morgan fingerprint density at radius 1 is 1.06 bits per heavy atom. The summed E-state index contributed by atoms with van der Waals surface area (Å²) in [6.45, 7) is 5.70. The zero-order valence-electron chi connectivity index (χ0n) is 20.5. The van der Waals surface area contributed by atoms with Gasteiger partial charge in [0.2, 0.25) is 6.41 Å². The predicted molar refractivity (Wildman–Crippen MR) is 138 cm³/mol. The number of aromatic nitrogens is 1. The molecule has 0 spiro atoms. The van der Waals surface area contributed by atoms with Gasteiger partial charge in [0.15, 0.2) is 5.69 Å². The van der Waals surface area contributed by atoms with E-state index in [0.29, 0.717) is 6.04 Å². The van der Waals surface area contributed by atoms with E-state index in [1.807, 2.05) is 6.07 Å². The highest BCUT2D eigenvalue weighted by Gasteiger charge is 2.29. The second-order valence-electron chi connectivity index (χ2n) is 9.09. The van der Waals surface area contributed by atoms with Crippen LogP contribution in [0, 0.1) is 31.6 Å². The molecule has 0 aromatic carbocycles. The summed E-state index contributed by atoms with van der Waals surface area (Å²) >= 11 is 6.00. The highest BCUT2D eigenvalue weighted by atomic mass is 35.5. The van der Waals surface area contributed by atoms with Gasteiger partial charge in [0.25, 0.3) is 5.15 Å². The summed E-state index contributed by atoms with van der Waals surface area (Å²) < 4.78 is 0. The van der Waals surface area contributed by atoms with E-state index < -0.39 is 0 Å². The zero-order chi connectivity index (χ0) is 24.5. The SMILES string of the molecule is C#C.C#C.CCCc1[nH+]c(Cl)ccc1[C@H]1CC[NH2+]C1.O=CN1CCCCC1C1CCCCC1. The molecule has 1 unspecified atom stereocenters. The number of halogens is 1. The number of H-pyrrole nitrogens is 1. The maximum Gasteiger partial charge on any atom is 0.273 e. The molecule has 1 saturated carbocycles. The van der Waals surface area contributed by atoms with Crippen molar-refractivity contribution in [2.24, 2.45) is 5.92 Å². The van der Waals surface area contributed by atoms with E-state index in [-0.39, 0.29) is 0 Å². The van der Waals surface area contributed by atoms with Crippen molar-refractivity contribution in [3.63, 3.8) is 0 Å². The molecule has 3 fully saturated rings. The molecular weight excluding hydrogens is 430 g/mol. The Hall–Kier alpha value is -2.01. The molecule has 1 aliphatic carbocycles. The fraction of sp³-hybridized carbons (Fsp3) is 0.643. The number of likely N-dealkylation sites (tertiary alicyclic amines) is 1. The van der Waals surface area contributed by atoms with Crippen molar-refractivity contribution >= 4 is 18.0 Å². The second-order valence-corrected chi connectivity index (χ2v) is 9.50. The Kier molecular flexibility index (Phi) is 15.4. The molecule has 33 heavy (non-hydrogen) atoms. The molecule has 1 amide bonds. The lowest BCUT2D eigenvalue weighted by Crippen LogP contribution is -2.81. The monoisotopic (exact) mass is 473 g/mol. The minimum Gasteiger partial charge on any atom is -0.346 e. The number of pyridine rings is 1. The average Bonchev–Trinajstić information content (AvgIpc) is 3.42. The lowest BCUT2D eigenvalue weighted by atomic mass is 9.80. The molecule has 2 saturated heterocycles. The van der Waals surface area contributed by atoms with E-state index in [4.69, 9.17) is 11.6 Å². The molecule has 0 radical (unpaired) electrons. The van der Waals surface area contributed by atoms with Crippen LogP contribution in [-0.4, -0.2) is 37.0 Å². The third-order valence-electron chi connectivity index (χ3n) is 7.06. The number of rotatable bonds is 5. The number of nitrogens with zero attached hydrogens (tertiary/aromatic N) is 1. The van der Waals surface area contributed by atoms with E-state index in [1.54, 1.807) is 0 Å². The quantitative estimate of drug-likeness (QED) is 0.388. The minimum absolute atomic E-state index is 0.585. The molecule has 4 nitrogen and oxygen atoms in total. The molecule has 0 bridgehead atoms. The minimum atomic E-state index is 0.585. The van der Waals surface area contributed by atoms with Crippen molar-refractivity contribution in [2.45, 2.75) is 89.5 Å². The van der Waals surface area contributed by atoms with E-state index in [1.165, 1.54) is 88.6 Å². The number of hydrogen-bond donors (Lipinski definition) is 1. The van der Waals surface area contributed by atoms with Crippen LogP contribution in [0.15, 0.2) is 12.1 Å². The number of amides is 1. The van der Waals surface area contributed by atoms with Crippen LogP contribution in [0.5, 0.6) is 0 Å². The first kappa shape index (κ1) is 29.0. The Balaban J connectivity index is 0.000000288. The lowest BCUT2D eigenvalue weighted by Gasteiger charge is -2.39. The molecule has 3 aliphatic rings. The Morgan fingerprint density at radius 3 is 2.36 bits per heavy atom. The normalized spacial score (nSPS) is 22.4. The number of hydrogen-bond acceptors (Lipinski definition) is 1. The highest BCUT2D eigenvalue weighted by molar-refractivity contribution is 6.28. The fourth-order valence-electron chi connectivity index (χ4n) is 5.54. The Labute approximate surface area is 207 Å². The third kappa shape index (κ3) is 9.40. The van der Waals surface area contributed by atoms with Crippen LogP contribution < -0.4 is 10.3 Å². The van der Waals surface area contributed by atoms with Crippen molar-refractivity contribution in [3.8, 4) is 25.7 Å². The number of aryl methyl sites for hydroxylation is 1. The molecule has 1 aromatic rings. The van der Waals surface area contributed by atoms with Crippen molar-refractivity contribution < 1.29 is 15.1 Å². The van der Waals surface area contributed by atoms with Gasteiger partial charge < -0.3 is 10.2 Å². The lowest BCUT2D eigenvalue weighted by molar-refractivity contribution is -0.636. The third-order valence-corrected chi connectivity index (χ3v) is 7.28. The standard InChI is InChI=1S/C12H17ClN2.C12H21NO.2C2H2/c1-2-3-11-10(4-5-12(13)15-11)9-6-7-14-8-9;14-10-13-9-5-4-8-12(13)11-6-2-1-3-7-11;2*1-2/h4-5,9,14H,2-3,6-8H2,1H3;10-12H,1-9H2;2*1-2H/p+2/t9-;;;/m0.../s1. The van der Waals surface area contributed by atoms with Gasteiger partial charge in [-0.05, 0) is 62.1 Å². The number of aromatic amines is 1. The van der Waals surface area contributed by atoms with Crippen molar-refractivity contribution in [3.05, 3.63) is 28.5 Å². The second kappa shape index (κ2) is 17.5. The van der Waals surface area contributed by atoms with Gasteiger partial charge in [0, 0.05) is 43.0 Å². The van der Waals surface area contributed by atoms with Gasteiger partial charge in [0.1, 0.15) is 0 Å².